The van der Waals surface area contributed by atoms with Crippen molar-refractivity contribution < 1.29 is 14.3 Å². The number of hydrogen-bond donors (Lipinski definition) is 2. The van der Waals surface area contributed by atoms with E-state index in [1.807, 2.05) is 36.6 Å². The number of aryl methyl sites for hydroxylation is 1. The molecule has 0 spiro atoms. The second kappa shape index (κ2) is 8.24. The van der Waals surface area contributed by atoms with Crippen LogP contribution in [0, 0.1) is 6.92 Å². The van der Waals surface area contributed by atoms with E-state index >= 15 is 0 Å². The average Bonchev–Trinajstić information content (AvgIpc) is 3.50. The van der Waals surface area contributed by atoms with Crippen LogP contribution in [0.15, 0.2) is 52.5 Å². The van der Waals surface area contributed by atoms with Crippen molar-refractivity contribution in [3.63, 3.8) is 0 Å². The van der Waals surface area contributed by atoms with Crippen molar-refractivity contribution in [2.24, 2.45) is 0 Å². The predicted molar refractivity (Wildman–Crippen MR) is 120 cm³/mol. The first-order chi connectivity index (χ1) is 15.1. The first-order valence-corrected chi connectivity index (χ1v) is 11.3. The molecule has 0 unspecified atom stereocenters. The van der Waals surface area contributed by atoms with Crippen molar-refractivity contribution in [3.05, 3.63) is 70.8 Å². The molecule has 158 valence electrons. The monoisotopic (exact) mass is 433 g/mol. The number of thiophene rings is 1. The van der Waals surface area contributed by atoms with E-state index in [1.54, 1.807) is 17.6 Å². The molecule has 0 aliphatic heterocycles. The molecule has 4 aromatic rings. The van der Waals surface area contributed by atoms with Gasteiger partial charge in [0.2, 0.25) is 0 Å². The molecule has 7 heteroatoms. The summed E-state index contributed by atoms with van der Waals surface area (Å²) in [5.41, 5.74) is 5.27. The van der Waals surface area contributed by atoms with Gasteiger partial charge in [0.1, 0.15) is 17.7 Å². The van der Waals surface area contributed by atoms with Crippen molar-refractivity contribution in [2.75, 3.05) is 0 Å². The normalized spacial score (nSPS) is 18.5. The minimum atomic E-state index is -0.472. The quantitative estimate of drug-likeness (QED) is 0.484. The first kappa shape index (κ1) is 19.9. The van der Waals surface area contributed by atoms with E-state index in [0.717, 1.165) is 51.9 Å². The molecule has 0 bridgehead atoms. The molecule has 0 radical (unpaired) electrons. The highest BCUT2D eigenvalue weighted by molar-refractivity contribution is 7.17. The molecule has 1 aromatic carbocycles. The number of rotatable bonds is 5. The van der Waals surface area contributed by atoms with Gasteiger partial charge in [0, 0.05) is 12.5 Å². The number of hydrogen-bond acceptors (Lipinski definition) is 6. The Morgan fingerprint density at radius 3 is 2.77 bits per heavy atom. The lowest BCUT2D eigenvalue weighted by Crippen LogP contribution is -2.40. The van der Waals surface area contributed by atoms with Gasteiger partial charge in [-0.2, -0.15) is 0 Å². The third kappa shape index (κ3) is 4.11. The Morgan fingerprint density at radius 1 is 1.23 bits per heavy atom. The smallest absolute Gasteiger partial charge is 0.270 e. The summed E-state index contributed by atoms with van der Waals surface area (Å²) in [7, 11) is 0. The van der Waals surface area contributed by atoms with Crippen LogP contribution in [0.2, 0.25) is 0 Å². The van der Waals surface area contributed by atoms with Crippen molar-refractivity contribution in [2.45, 2.75) is 44.8 Å². The van der Waals surface area contributed by atoms with E-state index in [-0.39, 0.29) is 11.9 Å². The summed E-state index contributed by atoms with van der Waals surface area (Å²) in [6, 6.07) is 11.9. The van der Waals surface area contributed by atoms with Gasteiger partial charge < -0.3 is 14.8 Å². The van der Waals surface area contributed by atoms with Crippen LogP contribution in [0.3, 0.4) is 0 Å². The summed E-state index contributed by atoms with van der Waals surface area (Å²) in [4.78, 5) is 21.8. The van der Waals surface area contributed by atoms with Gasteiger partial charge in [-0.25, -0.2) is 9.97 Å². The van der Waals surface area contributed by atoms with Gasteiger partial charge in [0.25, 0.3) is 5.91 Å². The van der Waals surface area contributed by atoms with Crippen LogP contribution in [-0.2, 0) is 6.42 Å². The first-order valence-electron chi connectivity index (χ1n) is 10.4. The van der Waals surface area contributed by atoms with Crippen LogP contribution < -0.4 is 5.32 Å². The van der Waals surface area contributed by atoms with E-state index in [9.17, 15) is 9.90 Å². The largest absolute Gasteiger partial charge is 0.449 e. The van der Waals surface area contributed by atoms with Gasteiger partial charge in [-0.15, -0.1) is 11.3 Å². The predicted octanol–water partition coefficient (Wildman–Crippen LogP) is 4.49. The third-order valence-corrected chi connectivity index (χ3v) is 6.76. The zero-order valence-corrected chi connectivity index (χ0v) is 18.0. The zero-order valence-electron chi connectivity index (χ0n) is 17.2. The van der Waals surface area contributed by atoms with E-state index in [1.165, 1.54) is 0 Å². The lowest BCUT2D eigenvalue weighted by molar-refractivity contribution is 0.0868. The number of carbonyl (C=O) groups is 1. The van der Waals surface area contributed by atoms with E-state index in [4.69, 9.17) is 4.42 Å². The SMILES string of the molecule is Cc1nc(-c2ccc(Cc3cc(C(=O)N[C@@H]4CCC[C@H]4O)nc4ccsc34)cc2)co1. The Kier molecular flexibility index (Phi) is 5.29. The molecule has 3 aromatic heterocycles. The molecular formula is C24H23N3O3S. The van der Waals surface area contributed by atoms with E-state index in [0.29, 0.717) is 18.0 Å². The Morgan fingerprint density at radius 2 is 2.06 bits per heavy atom. The molecule has 5 rings (SSSR count). The molecule has 1 aliphatic carbocycles. The number of carbonyl (C=O) groups excluding carboxylic acids is 1. The van der Waals surface area contributed by atoms with Gasteiger partial charge in [-0.05, 0) is 54.3 Å². The Bertz CT molecular complexity index is 1230. The number of amides is 1. The summed E-state index contributed by atoms with van der Waals surface area (Å²) in [6.07, 6.45) is 4.35. The highest BCUT2D eigenvalue weighted by Crippen LogP contribution is 2.28. The van der Waals surface area contributed by atoms with E-state index < -0.39 is 6.10 Å². The number of pyridine rings is 1. The zero-order chi connectivity index (χ0) is 21.4. The van der Waals surface area contributed by atoms with Crippen LogP contribution >= 0.6 is 11.3 Å². The van der Waals surface area contributed by atoms with Gasteiger partial charge >= 0.3 is 0 Å². The minimum Gasteiger partial charge on any atom is -0.449 e. The maximum Gasteiger partial charge on any atom is 0.270 e. The van der Waals surface area contributed by atoms with Crippen LogP contribution in [0.1, 0.15) is 46.8 Å². The lowest BCUT2D eigenvalue weighted by Gasteiger charge is -2.16. The van der Waals surface area contributed by atoms with Crippen LogP contribution in [-0.4, -0.2) is 33.1 Å². The number of aliphatic hydroxyl groups is 1. The Hall–Kier alpha value is -3.03. The lowest BCUT2D eigenvalue weighted by atomic mass is 10.0. The third-order valence-electron chi connectivity index (χ3n) is 5.78. The van der Waals surface area contributed by atoms with Gasteiger partial charge in [-0.3, -0.25) is 4.79 Å². The van der Waals surface area contributed by atoms with Gasteiger partial charge in [0.05, 0.1) is 22.4 Å². The standard InChI is InChI=1S/C24H23N3O3S/c1-14-25-21(13-30-14)16-7-5-15(6-8-16)11-17-12-20(26-19-9-10-31-23(17)19)24(29)27-18-3-2-4-22(18)28/h5-10,12-13,18,22,28H,2-4,11H2,1H3,(H,27,29)/t18-,22-/m1/s1. The maximum absolute atomic E-state index is 12.8. The summed E-state index contributed by atoms with van der Waals surface area (Å²) in [5.74, 6) is 0.420. The molecule has 31 heavy (non-hydrogen) atoms. The number of fused-ring (bicyclic) bond motifs is 1. The summed E-state index contributed by atoms with van der Waals surface area (Å²) in [5, 5.41) is 15.0. The molecular weight excluding hydrogens is 410 g/mol. The van der Waals surface area contributed by atoms with Crippen molar-refractivity contribution in [1.29, 1.82) is 0 Å². The second-order valence-corrected chi connectivity index (χ2v) is 8.92. The molecule has 2 N–H and O–H groups in total. The topological polar surface area (TPSA) is 88.2 Å². The highest BCUT2D eigenvalue weighted by Gasteiger charge is 2.27. The molecule has 1 aliphatic rings. The fourth-order valence-electron chi connectivity index (χ4n) is 4.13. The minimum absolute atomic E-state index is 0.191. The summed E-state index contributed by atoms with van der Waals surface area (Å²) in [6.45, 7) is 1.83. The average molecular weight is 434 g/mol. The van der Waals surface area contributed by atoms with Crippen molar-refractivity contribution >= 4 is 27.5 Å². The number of nitrogens with one attached hydrogen (secondary N) is 1. The number of benzene rings is 1. The Balaban J connectivity index is 1.40. The van der Waals surface area contributed by atoms with Gasteiger partial charge in [0.15, 0.2) is 5.89 Å². The summed E-state index contributed by atoms with van der Waals surface area (Å²) < 4.78 is 6.39. The molecule has 1 fully saturated rings. The molecule has 1 saturated carbocycles. The fraction of sp³-hybridized carbons (Fsp3) is 0.292. The van der Waals surface area contributed by atoms with Gasteiger partial charge in [-0.1, -0.05) is 24.3 Å². The molecule has 1 amide bonds. The molecule has 2 atom stereocenters. The molecule has 3 heterocycles. The highest BCUT2D eigenvalue weighted by atomic mass is 32.1. The summed E-state index contributed by atoms with van der Waals surface area (Å²) >= 11 is 1.63. The second-order valence-electron chi connectivity index (χ2n) is 8.01. The van der Waals surface area contributed by atoms with Crippen LogP contribution in [0.4, 0.5) is 0 Å². The number of aliphatic hydroxyl groups excluding tert-OH is 1. The number of aromatic nitrogens is 2. The maximum atomic E-state index is 12.8. The number of nitrogens with zero attached hydrogens (tertiary/aromatic N) is 2. The van der Waals surface area contributed by atoms with Crippen LogP contribution in [0.25, 0.3) is 21.5 Å². The molecule has 6 nitrogen and oxygen atoms in total. The van der Waals surface area contributed by atoms with E-state index in [2.05, 4.69) is 27.4 Å². The fourth-order valence-corrected chi connectivity index (χ4v) is 4.98. The van der Waals surface area contributed by atoms with Crippen molar-refractivity contribution in [1.82, 2.24) is 15.3 Å². The van der Waals surface area contributed by atoms with Crippen LogP contribution in [0.5, 0.6) is 0 Å². The van der Waals surface area contributed by atoms with Crippen molar-refractivity contribution in [3.8, 4) is 11.3 Å². The number of oxazole rings is 1. The molecule has 0 saturated heterocycles. The Labute approximate surface area is 184 Å².